The molecule has 2 fully saturated rings. The number of H-pyrrole nitrogens is 1. The quantitative estimate of drug-likeness (QED) is 0.892. The summed E-state index contributed by atoms with van der Waals surface area (Å²) < 4.78 is 0. The molecule has 2 aromatic rings. The molecule has 1 saturated carbocycles. The van der Waals surface area contributed by atoms with Crippen molar-refractivity contribution in [3.63, 3.8) is 0 Å². The van der Waals surface area contributed by atoms with E-state index < -0.39 is 0 Å². The van der Waals surface area contributed by atoms with E-state index in [1.54, 1.807) is 6.33 Å². The summed E-state index contributed by atoms with van der Waals surface area (Å²) in [5.74, 6) is 2.84. The van der Waals surface area contributed by atoms with Gasteiger partial charge >= 0.3 is 0 Å². The Kier molecular flexibility index (Phi) is 4.54. The van der Waals surface area contributed by atoms with Crippen LogP contribution in [0.5, 0.6) is 0 Å². The minimum atomic E-state index is 0. The maximum Gasteiger partial charge on any atom is 0.142 e. The van der Waals surface area contributed by atoms with Crippen LogP contribution < -0.4 is 10.2 Å². The van der Waals surface area contributed by atoms with Crippen molar-refractivity contribution in [2.24, 2.45) is 11.8 Å². The molecular formula is C16H24ClN5. The van der Waals surface area contributed by atoms with Gasteiger partial charge in [0.1, 0.15) is 17.8 Å². The van der Waals surface area contributed by atoms with Crippen molar-refractivity contribution in [2.45, 2.75) is 31.7 Å². The molecular weight excluding hydrogens is 298 g/mol. The zero-order chi connectivity index (χ0) is 14.2. The van der Waals surface area contributed by atoms with E-state index in [0.29, 0.717) is 6.04 Å². The van der Waals surface area contributed by atoms with Crippen LogP contribution in [0.25, 0.3) is 11.0 Å². The lowest BCUT2D eigenvalue weighted by molar-refractivity contribution is 0.168. The molecule has 2 aromatic heterocycles. The molecule has 1 saturated heterocycles. The minimum Gasteiger partial charge on any atom is -0.356 e. The molecule has 1 aliphatic carbocycles. The number of hydrogen-bond acceptors (Lipinski definition) is 4. The van der Waals surface area contributed by atoms with Gasteiger partial charge in [0, 0.05) is 19.3 Å². The van der Waals surface area contributed by atoms with E-state index in [2.05, 4.69) is 38.3 Å². The number of rotatable bonds is 2. The molecule has 0 amide bonds. The predicted octanol–water partition coefficient (Wildman–Crippen LogP) is 2.59. The van der Waals surface area contributed by atoms with Crippen LogP contribution in [0.2, 0.25) is 0 Å². The number of aromatic nitrogens is 3. The highest BCUT2D eigenvalue weighted by Crippen LogP contribution is 2.37. The summed E-state index contributed by atoms with van der Waals surface area (Å²) in [4.78, 5) is 14.4. The van der Waals surface area contributed by atoms with E-state index in [4.69, 9.17) is 0 Å². The summed E-state index contributed by atoms with van der Waals surface area (Å²) in [6, 6.07) is 2.69. The molecule has 0 aromatic carbocycles. The van der Waals surface area contributed by atoms with Crippen LogP contribution in [0.4, 0.5) is 5.82 Å². The summed E-state index contributed by atoms with van der Waals surface area (Å²) in [6.07, 6.45) is 8.86. The number of hydrogen-bond donors (Lipinski definition) is 2. The van der Waals surface area contributed by atoms with E-state index in [-0.39, 0.29) is 12.4 Å². The number of fused-ring (bicyclic) bond motifs is 2. The second-order valence-corrected chi connectivity index (χ2v) is 6.53. The first-order valence-electron chi connectivity index (χ1n) is 8.04. The number of aromatic amines is 1. The Hall–Kier alpha value is -1.33. The molecule has 3 atom stereocenters. The Balaban J connectivity index is 0.00000144. The highest BCUT2D eigenvalue weighted by atomic mass is 35.5. The van der Waals surface area contributed by atoms with Gasteiger partial charge in [0.2, 0.25) is 0 Å². The SMILES string of the molecule is CN(c1ncnc2[nH]ccc12)C1CCC2CNCCC2C1.Cl. The second kappa shape index (κ2) is 6.42. The van der Waals surface area contributed by atoms with Crippen molar-refractivity contribution in [2.75, 3.05) is 25.0 Å². The molecule has 22 heavy (non-hydrogen) atoms. The first-order valence-corrected chi connectivity index (χ1v) is 8.04. The molecule has 2 N–H and O–H groups in total. The molecule has 0 radical (unpaired) electrons. The number of piperidine rings is 1. The second-order valence-electron chi connectivity index (χ2n) is 6.53. The number of nitrogens with zero attached hydrogens (tertiary/aromatic N) is 3. The summed E-state index contributed by atoms with van der Waals surface area (Å²) in [5, 5.41) is 4.67. The van der Waals surface area contributed by atoms with Crippen molar-refractivity contribution in [1.29, 1.82) is 0 Å². The lowest BCUT2D eigenvalue weighted by Crippen LogP contribution is -2.45. The Morgan fingerprint density at radius 1 is 1.18 bits per heavy atom. The maximum atomic E-state index is 4.54. The monoisotopic (exact) mass is 321 g/mol. The minimum absolute atomic E-state index is 0. The van der Waals surface area contributed by atoms with E-state index in [1.807, 2.05) is 6.20 Å². The topological polar surface area (TPSA) is 56.8 Å². The predicted molar refractivity (Wildman–Crippen MR) is 91.6 cm³/mol. The normalized spacial score (nSPS) is 28.0. The van der Waals surface area contributed by atoms with Gasteiger partial charge < -0.3 is 15.2 Å². The molecule has 4 rings (SSSR count). The van der Waals surface area contributed by atoms with Crippen LogP contribution in [0.3, 0.4) is 0 Å². The molecule has 2 aliphatic rings. The molecule has 0 bridgehead atoms. The van der Waals surface area contributed by atoms with Gasteiger partial charge in [-0.1, -0.05) is 0 Å². The average molecular weight is 322 g/mol. The van der Waals surface area contributed by atoms with E-state index in [0.717, 1.165) is 28.7 Å². The van der Waals surface area contributed by atoms with Gasteiger partial charge in [-0.25, -0.2) is 9.97 Å². The van der Waals surface area contributed by atoms with Crippen LogP contribution in [-0.2, 0) is 0 Å². The third kappa shape index (κ3) is 2.68. The summed E-state index contributed by atoms with van der Waals surface area (Å²) >= 11 is 0. The lowest BCUT2D eigenvalue weighted by Gasteiger charge is -2.43. The van der Waals surface area contributed by atoms with E-state index in [1.165, 1.54) is 38.8 Å². The van der Waals surface area contributed by atoms with Crippen molar-refractivity contribution < 1.29 is 0 Å². The Labute approximate surface area is 137 Å². The van der Waals surface area contributed by atoms with E-state index in [9.17, 15) is 0 Å². The van der Waals surface area contributed by atoms with Crippen LogP contribution in [-0.4, -0.2) is 41.1 Å². The van der Waals surface area contributed by atoms with Gasteiger partial charge in [-0.15, -0.1) is 12.4 Å². The fourth-order valence-corrected chi connectivity index (χ4v) is 4.16. The molecule has 6 heteroatoms. The standard InChI is InChI=1S/C16H23N5.ClH/c1-21(16-14-5-7-18-15(14)19-10-20-16)13-3-2-12-9-17-6-4-11(12)8-13;/h5,7,10-13,17H,2-4,6,8-9H2,1H3,(H,18,19,20);1H. The van der Waals surface area contributed by atoms with Crippen LogP contribution in [0.15, 0.2) is 18.6 Å². The van der Waals surface area contributed by atoms with Gasteiger partial charge in [0.25, 0.3) is 0 Å². The van der Waals surface area contributed by atoms with Gasteiger partial charge in [-0.05, 0) is 56.7 Å². The van der Waals surface area contributed by atoms with Crippen molar-refractivity contribution in [1.82, 2.24) is 20.3 Å². The van der Waals surface area contributed by atoms with Crippen molar-refractivity contribution in [3.05, 3.63) is 18.6 Å². The zero-order valence-electron chi connectivity index (χ0n) is 13.0. The highest BCUT2D eigenvalue weighted by Gasteiger charge is 2.34. The molecule has 3 unspecified atom stereocenters. The molecule has 1 aliphatic heterocycles. The van der Waals surface area contributed by atoms with Gasteiger partial charge in [0.05, 0.1) is 5.39 Å². The van der Waals surface area contributed by atoms with Crippen LogP contribution in [0.1, 0.15) is 25.7 Å². The van der Waals surface area contributed by atoms with Gasteiger partial charge in [0.15, 0.2) is 0 Å². The third-order valence-electron chi connectivity index (χ3n) is 5.43. The summed E-state index contributed by atoms with van der Waals surface area (Å²) in [6.45, 7) is 2.41. The Bertz CT molecular complexity index is 628. The van der Waals surface area contributed by atoms with E-state index >= 15 is 0 Å². The average Bonchev–Trinajstić information content (AvgIpc) is 3.02. The van der Waals surface area contributed by atoms with Crippen molar-refractivity contribution in [3.8, 4) is 0 Å². The molecule has 0 spiro atoms. The zero-order valence-corrected chi connectivity index (χ0v) is 13.8. The maximum absolute atomic E-state index is 4.54. The Morgan fingerprint density at radius 3 is 3.00 bits per heavy atom. The van der Waals surface area contributed by atoms with Gasteiger partial charge in [-0.2, -0.15) is 0 Å². The highest BCUT2D eigenvalue weighted by molar-refractivity contribution is 5.87. The smallest absolute Gasteiger partial charge is 0.142 e. The molecule has 120 valence electrons. The van der Waals surface area contributed by atoms with Crippen LogP contribution in [0, 0.1) is 11.8 Å². The first kappa shape index (κ1) is 15.6. The fourth-order valence-electron chi connectivity index (χ4n) is 4.16. The number of halogens is 1. The fraction of sp³-hybridized carbons (Fsp3) is 0.625. The van der Waals surface area contributed by atoms with Gasteiger partial charge in [-0.3, -0.25) is 0 Å². The largest absolute Gasteiger partial charge is 0.356 e. The first-order chi connectivity index (χ1) is 10.3. The lowest BCUT2D eigenvalue weighted by atomic mass is 9.73. The van der Waals surface area contributed by atoms with Crippen LogP contribution >= 0.6 is 12.4 Å². The summed E-state index contributed by atoms with van der Waals surface area (Å²) in [7, 11) is 2.20. The van der Waals surface area contributed by atoms with Crippen molar-refractivity contribution >= 4 is 29.3 Å². The number of anilines is 1. The molecule has 3 heterocycles. The molecule has 5 nitrogen and oxygen atoms in total. The Morgan fingerprint density at radius 2 is 2.09 bits per heavy atom. The number of nitrogens with one attached hydrogen (secondary N) is 2. The summed E-state index contributed by atoms with van der Waals surface area (Å²) in [5.41, 5.74) is 0.933. The third-order valence-corrected chi connectivity index (χ3v) is 5.43.